The summed E-state index contributed by atoms with van der Waals surface area (Å²) in [5.41, 5.74) is 0.957. The largest absolute Gasteiger partial charge is 0.467 e. The van der Waals surface area contributed by atoms with Crippen LogP contribution in [0.15, 0.2) is 45.4 Å². The van der Waals surface area contributed by atoms with E-state index in [-0.39, 0.29) is 11.9 Å². The van der Waals surface area contributed by atoms with Crippen molar-refractivity contribution in [2.75, 3.05) is 0 Å². The second-order valence-corrected chi connectivity index (χ2v) is 5.30. The molecule has 0 bridgehead atoms. The molecule has 1 aliphatic heterocycles. The van der Waals surface area contributed by atoms with Gasteiger partial charge in [-0.2, -0.15) is 5.10 Å². The van der Waals surface area contributed by atoms with Crippen LogP contribution in [0.25, 0.3) is 0 Å². The fourth-order valence-corrected chi connectivity index (χ4v) is 2.92. The van der Waals surface area contributed by atoms with Gasteiger partial charge in [0.1, 0.15) is 11.8 Å². The van der Waals surface area contributed by atoms with Crippen molar-refractivity contribution in [2.45, 2.75) is 25.8 Å². The molecule has 0 unspecified atom stereocenters. The first kappa shape index (κ1) is 12.2. The average Bonchev–Trinajstić information content (AvgIpc) is 3.14. The summed E-state index contributed by atoms with van der Waals surface area (Å²) >= 11 is 1.64. The molecule has 0 saturated heterocycles. The zero-order valence-corrected chi connectivity index (χ0v) is 11.4. The van der Waals surface area contributed by atoms with Crippen molar-refractivity contribution >= 4 is 23.0 Å². The summed E-state index contributed by atoms with van der Waals surface area (Å²) in [5.74, 6) is 0.810. The van der Waals surface area contributed by atoms with E-state index in [1.165, 1.54) is 0 Å². The van der Waals surface area contributed by atoms with Crippen LogP contribution in [-0.2, 0) is 4.79 Å². The molecular formula is C14H14N2O2S. The third kappa shape index (κ3) is 2.21. The lowest BCUT2D eigenvalue weighted by molar-refractivity contribution is -0.133. The van der Waals surface area contributed by atoms with E-state index in [9.17, 15) is 4.79 Å². The first-order valence-electron chi connectivity index (χ1n) is 6.26. The molecule has 0 fully saturated rings. The number of rotatable bonds is 3. The highest BCUT2D eigenvalue weighted by Crippen LogP contribution is 2.34. The number of nitrogens with zero attached hydrogens (tertiary/aromatic N) is 2. The van der Waals surface area contributed by atoms with E-state index in [4.69, 9.17) is 4.42 Å². The van der Waals surface area contributed by atoms with Crippen LogP contribution in [0.3, 0.4) is 0 Å². The normalized spacial score (nSPS) is 18.7. The van der Waals surface area contributed by atoms with Crippen molar-refractivity contribution in [3.05, 3.63) is 46.5 Å². The van der Waals surface area contributed by atoms with Crippen molar-refractivity contribution in [2.24, 2.45) is 5.10 Å². The molecule has 5 heteroatoms. The Morgan fingerprint density at radius 2 is 2.42 bits per heavy atom. The highest BCUT2D eigenvalue weighted by Gasteiger charge is 2.34. The lowest BCUT2D eigenvalue weighted by Gasteiger charge is -2.18. The van der Waals surface area contributed by atoms with Crippen LogP contribution in [0.2, 0.25) is 0 Å². The van der Waals surface area contributed by atoms with Gasteiger partial charge in [0.25, 0.3) is 0 Å². The van der Waals surface area contributed by atoms with Gasteiger partial charge in [0.2, 0.25) is 5.91 Å². The van der Waals surface area contributed by atoms with E-state index >= 15 is 0 Å². The van der Waals surface area contributed by atoms with Crippen LogP contribution in [0, 0.1) is 0 Å². The molecule has 98 valence electrons. The summed E-state index contributed by atoms with van der Waals surface area (Å²) in [6.45, 7) is 1.85. The first-order chi connectivity index (χ1) is 9.29. The van der Waals surface area contributed by atoms with Gasteiger partial charge in [-0.1, -0.05) is 13.0 Å². The number of hydrogen-bond acceptors (Lipinski definition) is 4. The Kier molecular flexibility index (Phi) is 3.21. The number of thiophene rings is 1. The van der Waals surface area contributed by atoms with Crippen molar-refractivity contribution in [1.29, 1.82) is 0 Å². The summed E-state index contributed by atoms with van der Waals surface area (Å²) in [5, 5.41) is 8.07. The second kappa shape index (κ2) is 5.01. The average molecular weight is 274 g/mol. The Morgan fingerprint density at radius 1 is 1.53 bits per heavy atom. The topological polar surface area (TPSA) is 45.8 Å². The molecule has 0 N–H and O–H groups in total. The van der Waals surface area contributed by atoms with Crippen LogP contribution in [0.5, 0.6) is 0 Å². The predicted molar refractivity (Wildman–Crippen MR) is 74.1 cm³/mol. The molecule has 1 amide bonds. The monoisotopic (exact) mass is 274 g/mol. The van der Waals surface area contributed by atoms with Gasteiger partial charge in [-0.3, -0.25) is 4.79 Å². The molecule has 0 spiro atoms. The summed E-state index contributed by atoms with van der Waals surface area (Å²) < 4.78 is 5.44. The molecule has 0 radical (unpaired) electrons. The molecule has 0 aliphatic carbocycles. The minimum atomic E-state index is -0.112. The fourth-order valence-electron chi connectivity index (χ4n) is 2.20. The molecule has 1 aliphatic rings. The van der Waals surface area contributed by atoms with Crippen molar-refractivity contribution in [3.8, 4) is 0 Å². The SMILES string of the molecule is CCC(=O)N1N=C(c2cccs2)C[C@H]1c1ccco1. The highest BCUT2D eigenvalue weighted by atomic mass is 32.1. The number of carbonyl (C=O) groups excluding carboxylic acids is 1. The van der Waals surface area contributed by atoms with Gasteiger partial charge >= 0.3 is 0 Å². The minimum absolute atomic E-state index is 0.0213. The van der Waals surface area contributed by atoms with E-state index in [1.807, 2.05) is 36.6 Å². The smallest absolute Gasteiger partial charge is 0.243 e. The van der Waals surface area contributed by atoms with Crippen LogP contribution >= 0.6 is 11.3 Å². The maximum Gasteiger partial charge on any atom is 0.243 e. The highest BCUT2D eigenvalue weighted by molar-refractivity contribution is 7.12. The number of furan rings is 1. The van der Waals surface area contributed by atoms with Gasteiger partial charge < -0.3 is 4.42 Å². The van der Waals surface area contributed by atoms with Crippen molar-refractivity contribution in [3.63, 3.8) is 0 Å². The Labute approximate surface area is 115 Å². The molecule has 3 heterocycles. The van der Waals surface area contributed by atoms with E-state index < -0.39 is 0 Å². The molecule has 4 nitrogen and oxygen atoms in total. The van der Waals surface area contributed by atoms with Gasteiger partial charge in [0.05, 0.1) is 16.9 Å². The van der Waals surface area contributed by atoms with Gasteiger partial charge in [0, 0.05) is 12.8 Å². The molecular weight excluding hydrogens is 260 g/mol. The molecule has 0 saturated carbocycles. The number of hydrogen-bond donors (Lipinski definition) is 0. The van der Waals surface area contributed by atoms with Crippen LogP contribution in [-0.4, -0.2) is 16.6 Å². The summed E-state index contributed by atoms with van der Waals surface area (Å²) in [6.07, 6.45) is 2.78. The lowest BCUT2D eigenvalue weighted by Crippen LogP contribution is -2.25. The summed E-state index contributed by atoms with van der Waals surface area (Å²) in [6, 6.07) is 7.65. The molecule has 2 aromatic rings. The van der Waals surface area contributed by atoms with Crippen LogP contribution in [0.1, 0.15) is 36.4 Å². The van der Waals surface area contributed by atoms with Gasteiger partial charge in [0.15, 0.2) is 0 Å². The Balaban J connectivity index is 1.93. The summed E-state index contributed by atoms with van der Waals surface area (Å²) in [7, 11) is 0. The predicted octanol–water partition coefficient (Wildman–Crippen LogP) is 3.43. The van der Waals surface area contributed by atoms with Gasteiger partial charge in [-0.15, -0.1) is 11.3 Å². The molecule has 2 aromatic heterocycles. The minimum Gasteiger partial charge on any atom is -0.467 e. The maximum atomic E-state index is 12.0. The van der Waals surface area contributed by atoms with Crippen LogP contribution < -0.4 is 0 Å². The fraction of sp³-hybridized carbons (Fsp3) is 0.286. The molecule has 19 heavy (non-hydrogen) atoms. The lowest BCUT2D eigenvalue weighted by atomic mass is 10.1. The number of amides is 1. The van der Waals surface area contributed by atoms with E-state index in [0.717, 1.165) is 16.3 Å². The van der Waals surface area contributed by atoms with Crippen molar-refractivity contribution in [1.82, 2.24) is 5.01 Å². The summed E-state index contributed by atoms with van der Waals surface area (Å²) in [4.78, 5) is 13.1. The second-order valence-electron chi connectivity index (χ2n) is 4.35. The van der Waals surface area contributed by atoms with Crippen LogP contribution in [0.4, 0.5) is 0 Å². The standard InChI is InChI=1S/C14H14N2O2S/c1-2-14(17)16-11(12-5-3-7-18-12)9-10(15-16)13-6-4-8-19-13/h3-8,11H,2,9H2,1H3/t11-/m0/s1. The van der Waals surface area contributed by atoms with E-state index in [2.05, 4.69) is 5.10 Å². The third-order valence-electron chi connectivity index (χ3n) is 3.15. The maximum absolute atomic E-state index is 12.0. The number of hydrazone groups is 1. The molecule has 3 rings (SSSR count). The van der Waals surface area contributed by atoms with Gasteiger partial charge in [-0.25, -0.2) is 5.01 Å². The Hall–Kier alpha value is -1.88. The number of carbonyl (C=O) groups is 1. The Morgan fingerprint density at radius 3 is 3.05 bits per heavy atom. The quantitative estimate of drug-likeness (QED) is 0.860. The Bertz CT molecular complexity index is 587. The van der Waals surface area contributed by atoms with E-state index in [0.29, 0.717) is 12.8 Å². The zero-order valence-electron chi connectivity index (χ0n) is 10.6. The zero-order chi connectivity index (χ0) is 13.2. The first-order valence-corrected chi connectivity index (χ1v) is 7.14. The van der Waals surface area contributed by atoms with Gasteiger partial charge in [-0.05, 0) is 23.6 Å². The van der Waals surface area contributed by atoms with Crippen molar-refractivity contribution < 1.29 is 9.21 Å². The molecule has 1 atom stereocenters. The van der Waals surface area contributed by atoms with E-state index in [1.54, 1.807) is 22.6 Å². The molecule has 0 aromatic carbocycles. The third-order valence-corrected chi connectivity index (χ3v) is 4.06.